The molecule has 210 valence electrons. The SMILES string of the molecule is CC(=O)O.CSc1cccc(NC(=O)CC2SC(=NC(c3ccc(C)cc3)c3c(O)[nH]c(=O)[nH]c3=O)NC2=O)c1. The molecule has 14 heteroatoms. The highest BCUT2D eigenvalue weighted by atomic mass is 32.2. The quantitative estimate of drug-likeness (QED) is 0.226. The van der Waals surface area contributed by atoms with Crippen molar-refractivity contribution in [1.82, 2.24) is 15.3 Å². The number of nitrogens with one attached hydrogen (secondary N) is 4. The van der Waals surface area contributed by atoms with Crippen LogP contribution in [0.4, 0.5) is 5.69 Å². The van der Waals surface area contributed by atoms with Crippen molar-refractivity contribution in [2.75, 3.05) is 11.6 Å². The van der Waals surface area contributed by atoms with Crippen LogP contribution in [0.3, 0.4) is 0 Å². The van der Waals surface area contributed by atoms with E-state index < -0.39 is 40.3 Å². The first-order valence-electron chi connectivity index (χ1n) is 11.8. The number of hydrogen-bond acceptors (Lipinski definition) is 9. The molecule has 1 aliphatic rings. The maximum atomic E-state index is 12.6. The number of aliphatic imine (C=N–C) groups is 1. The number of nitrogens with zero attached hydrogens (tertiary/aromatic N) is 1. The lowest BCUT2D eigenvalue weighted by Gasteiger charge is -2.14. The first-order chi connectivity index (χ1) is 19.0. The topological polar surface area (TPSA) is 194 Å². The maximum absolute atomic E-state index is 12.6. The van der Waals surface area contributed by atoms with Crippen LogP contribution >= 0.6 is 23.5 Å². The van der Waals surface area contributed by atoms with Gasteiger partial charge in [0.25, 0.3) is 11.5 Å². The van der Waals surface area contributed by atoms with Crippen LogP contribution in [-0.4, -0.2) is 54.6 Å². The van der Waals surface area contributed by atoms with E-state index >= 15 is 0 Å². The average molecular weight is 586 g/mol. The minimum atomic E-state index is -1.02. The van der Waals surface area contributed by atoms with Gasteiger partial charge in [0, 0.05) is 23.9 Å². The van der Waals surface area contributed by atoms with E-state index in [4.69, 9.17) is 9.90 Å². The van der Waals surface area contributed by atoms with Gasteiger partial charge in [0.05, 0.1) is 0 Å². The molecule has 12 nitrogen and oxygen atoms in total. The smallest absolute Gasteiger partial charge is 0.328 e. The molecule has 2 aromatic carbocycles. The van der Waals surface area contributed by atoms with Crippen LogP contribution in [0.5, 0.6) is 5.88 Å². The molecule has 1 aliphatic heterocycles. The number of carboxylic acids is 1. The summed E-state index contributed by atoms with van der Waals surface area (Å²) in [6.45, 7) is 2.98. The molecule has 0 aliphatic carbocycles. The number of aliphatic carboxylic acids is 1. The first kappa shape index (κ1) is 30.2. The van der Waals surface area contributed by atoms with E-state index in [1.165, 1.54) is 0 Å². The van der Waals surface area contributed by atoms with Gasteiger partial charge in [0.15, 0.2) is 5.17 Å². The van der Waals surface area contributed by atoms with Crippen molar-refractivity contribution in [3.63, 3.8) is 0 Å². The minimum Gasteiger partial charge on any atom is -0.494 e. The zero-order valence-electron chi connectivity index (χ0n) is 21.7. The van der Waals surface area contributed by atoms with Crippen molar-refractivity contribution in [2.24, 2.45) is 4.99 Å². The Morgan fingerprint density at radius 3 is 2.42 bits per heavy atom. The van der Waals surface area contributed by atoms with Crippen LogP contribution in [0, 0.1) is 6.92 Å². The Labute approximate surface area is 236 Å². The molecule has 0 spiro atoms. The average Bonchev–Trinajstić information content (AvgIpc) is 3.21. The number of aromatic nitrogens is 2. The fourth-order valence-corrected chi connectivity index (χ4v) is 5.05. The molecule has 2 atom stereocenters. The standard InChI is InChI=1S/C24H23N5O5S2.C2H4O2/c1-12-6-8-13(9-7-12)19(18-21(32)27-23(34)28-22(18)33)26-24-29-20(31)16(36-24)11-17(30)25-14-4-3-5-15(10-14)35-2;1-2(3)4/h3-10,16,19H,11H2,1-2H3,(H,25,30)(H,26,29,31)(H3,27,28,32,33,34);1H3,(H,3,4). The predicted molar refractivity (Wildman–Crippen MR) is 154 cm³/mol. The van der Waals surface area contributed by atoms with Gasteiger partial charge in [-0.05, 0) is 36.9 Å². The maximum Gasteiger partial charge on any atom is 0.328 e. The summed E-state index contributed by atoms with van der Waals surface area (Å²) in [5.74, 6) is -2.17. The number of carbonyl (C=O) groups excluding carboxylic acids is 2. The van der Waals surface area contributed by atoms with Crippen molar-refractivity contribution in [1.29, 1.82) is 0 Å². The van der Waals surface area contributed by atoms with E-state index in [0.717, 1.165) is 29.1 Å². The van der Waals surface area contributed by atoms with Crippen molar-refractivity contribution >= 4 is 52.2 Å². The second-order valence-corrected chi connectivity index (χ2v) is 10.6. The van der Waals surface area contributed by atoms with Crippen molar-refractivity contribution < 1.29 is 24.6 Å². The molecule has 3 aromatic rings. The largest absolute Gasteiger partial charge is 0.494 e. The van der Waals surface area contributed by atoms with E-state index in [2.05, 4.69) is 25.6 Å². The molecule has 2 amide bonds. The fraction of sp³-hybridized carbons (Fsp3) is 0.231. The normalized spacial score (nSPS) is 16.0. The fourth-order valence-electron chi connectivity index (χ4n) is 3.59. The molecule has 0 bridgehead atoms. The number of aryl methyl sites for hydroxylation is 1. The zero-order chi connectivity index (χ0) is 29.4. The van der Waals surface area contributed by atoms with Crippen molar-refractivity contribution in [3.8, 4) is 5.88 Å². The Balaban J connectivity index is 0.00000103. The number of benzene rings is 2. The molecule has 0 radical (unpaired) electrons. The number of hydrogen-bond donors (Lipinski definition) is 6. The zero-order valence-corrected chi connectivity index (χ0v) is 23.3. The summed E-state index contributed by atoms with van der Waals surface area (Å²) in [7, 11) is 0. The van der Waals surface area contributed by atoms with E-state index in [0.29, 0.717) is 11.3 Å². The van der Waals surface area contributed by atoms with Crippen LogP contribution in [-0.2, 0) is 14.4 Å². The number of carboxylic acid groups (broad SMARTS) is 1. The Bertz CT molecular complexity index is 1550. The van der Waals surface area contributed by atoms with E-state index in [1.807, 2.05) is 43.5 Å². The van der Waals surface area contributed by atoms with Gasteiger partial charge in [0.1, 0.15) is 16.9 Å². The lowest BCUT2D eigenvalue weighted by atomic mass is 10.00. The predicted octanol–water partition coefficient (Wildman–Crippen LogP) is 2.60. The third-order valence-corrected chi connectivity index (χ3v) is 7.19. The highest BCUT2D eigenvalue weighted by Crippen LogP contribution is 2.32. The monoisotopic (exact) mass is 585 g/mol. The van der Waals surface area contributed by atoms with Crippen molar-refractivity contribution in [2.45, 2.75) is 36.5 Å². The molecule has 40 heavy (non-hydrogen) atoms. The molecule has 4 rings (SSSR count). The summed E-state index contributed by atoms with van der Waals surface area (Å²) in [6.07, 6.45) is 1.85. The Hall–Kier alpha value is -4.30. The highest BCUT2D eigenvalue weighted by molar-refractivity contribution is 8.15. The Morgan fingerprint density at radius 1 is 1.12 bits per heavy atom. The highest BCUT2D eigenvalue weighted by Gasteiger charge is 2.33. The molecule has 2 heterocycles. The molecule has 2 unspecified atom stereocenters. The Kier molecular flexibility index (Phi) is 10.3. The van der Waals surface area contributed by atoms with Crippen LogP contribution in [0.2, 0.25) is 0 Å². The second kappa shape index (κ2) is 13.7. The van der Waals surface area contributed by atoms with Crippen LogP contribution < -0.4 is 21.9 Å². The first-order valence-corrected chi connectivity index (χ1v) is 13.9. The van der Waals surface area contributed by atoms with Crippen LogP contribution in [0.1, 0.15) is 36.1 Å². The van der Waals surface area contributed by atoms with Crippen LogP contribution in [0.25, 0.3) is 0 Å². The number of carbonyl (C=O) groups is 3. The summed E-state index contributed by atoms with van der Waals surface area (Å²) >= 11 is 2.61. The molecule has 1 aromatic heterocycles. The number of anilines is 1. The number of rotatable bonds is 7. The van der Waals surface area contributed by atoms with Gasteiger partial charge in [0.2, 0.25) is 17.7 Å². The summed E-state index contributed by atoms with van der Waals surface area (Å²) in [6, 6.07) is 13.5. The third kappa shape index (κ3) is 8.35. The summed E-state index contributed by atoms with van der Waals surface area (Å²) < 4.78 is 0. The number of amidine groups is 1. The number of aromatic hydroxyl groups is 1. The molecular weight excluding hydrogens is 558 g/mol. The van der Waals surface area contributed by atoms with Crippen molar-refractivity contribution in [3.05, 3.63) is 86.1 Å². The number of H-pyrrole nitrogens is 2. The van der Waals surface area contributed by atoms with Gasteiger partial charge in [-0.1, -0.05) is 47.7 Å². The molecule has 1 saturated heterocycles. The second-order valence-electron chi connectivity index (χ2n) is 8.52. The number of aromatic amines is 2. The Morgan fingerprint density at radius 2 is 1.80 bits per heavy atom. The molecule has 1 fully saturated rings. The summed E-state index contributed by atoms with van der Waals surface area (Å²) in [5, 5.41) is 22.7. The third-order valence-electron chi connectivity index (χ3n) is 5.37. The van der Waals surface area contributed by atoms with Gasteiger partial charge in [-0.25, -0.2) is 9.79 Å². The lowest BCUT2D eigenvalue weighted by Crippen LogP contribution is -2.29. The van der Waals surface area contributed by atoms with Gasteiger partial charge >= 0.3 is 5.69 Å². The van der Waals surface area contributed by atoms with Gasteiger partial charge in [-0.2, -0.15) is 0 Å². The lowest BCUT2D eigenvalue weighted by molar-refractivity contribution is -0.134. The molecular formula is C26H27N5O7S2. The number of thioether (sulfide) groups is 2. The molecule has 0 saturated carbocycles. The van der Waals surface area contributed by atoms with E-state index in [-0.39, 0.29) is 23.1 Å². The van der Waals surface area contributed by atoms with Gasteiger partial charge < -0.3 is 20.8 Å². The van der Waals surface area contributed by atoms with Crippen LogP contribution in [0.15, 0.2) is 68.0 Å². The van der Waals surface area contributed by atoms with E-state index in [9.17, 15) is 24.3 Å². The van der Waals surface area contributed by atoms with Gasteiger partial charge in [-0.15, -0.1) is 11.8 Å². The molecule has 6 N–H and O–H groups in total. The summed E-state index contributed by atoms with van der Waals surface area (Å²) in [4.78, 5) is 68.1. The van der Waals surface area contributed by atoms with E-state index in [1.54, 1.807) is 30.0 Å². The summed E-state index contributed by atoms with van der Waals surface area (Å²) in [5.41, 5.74) is 0.346. The minimum absolute atomic E-state index is 0.0846. The number of amides is 2. The van der Waals surface area contributed by atoms with Gasteiger partial charge in [-0.3, -0.25) is 29.1 Å².